The Morgan fingerprint density at radius 3 is 2.61 bits per heavy atom. The number of methoxy groups -OCH3 is 1. The number of alkyl halides is 2. The van der Waals surface area contributed by atoms with Crippen LogP contribution in [-0.4, -0.2) is 45.9 Å². The van der Waals surface area contributed by atoms with E-state index in [2.05, 4.69) is 31.3 Å². The third-order valence-electron chi connectivity index (χ3n) is 5.21. The van der Waals surface area contributed by atoms with Crippen LogP contribution in [0.15, 0.2) is 53.5 Å². The fourth-order valence-electron chi connectivity index (χ4n) is 3.70. The van der Waals surface area contributed by atoms with Gasteiger partial charge in [-0.25, -0.2) is 4.99 Å². The third kappa shape index (κ3) is 6.47. The average Bonchev–Trinajstić information content (AvgIpc) is 3.25. The number of rotatable bonds is 9. The van der Waals surface area contributed by atoms with Crippen molar-refractivity contribution in [2.24, 2.45) is 10.9 Å². The molecule has 0 saturated carbocycles. The van der Waals surface area contributed by atoms with Crippen LogP contribution in [-0.2, 0) is 6.54 Å². The number of para-hydroxylation sites is 3. The van der Waals surface area contributed by atoms with Crippen molar-refractivity contribution in [1.29, 1.82) is 0 Å². The van der Waals surface area contributed by atoms with Crippen LogP contribution < -0.4 is 25.0 Å². The summed E-state index contributed by atoms with van der Waals surface area (Å²) in [5, 5.41) is 6.60. The normalized spacial score (nSPS) is 16.5. The fourth-order valence-corrected chi connectivity index (χ4v) is 3.70. The fraction of sp³-hybridized carbons (Fsp3) is 0.435. The van der Waals surface area contributed by atoms with Crippen LogP contribution in [0.2, 0.25) is 0 Å². The molecule has 3 rings (SSSR count). The molecule has 1 heterocycles. The van der Waals surface area contributed by atoms with Gasteiger partial charge in [0.05, 0.1) is 19.3 Å². The first kappa shape index (κ1) is 22.7. The molecule has 0 aliphatic carbocycles. The van der Waals surface area contributed by atoms with Gasteiger partial charge in [-0.2, -0.15) is 8.78 Å². The van der Waals surface area contributed by atoms with Gasteiger partial charge in [0.1, 0.15) is 11.5 Å². The Morgan fingerprint density at radius 1 is 1.13 bits per heavy atom. The number of hydrogen-bond acceptors (Lipinski definition) is 4. The molecule has 1 aliphatic rings. The van der Waals surface area contributed by atoms with Gasteiger partial charge in [-0.15, -0.1) is 0 Å². The van der Waals surface area contributed by atoms with E-state index in [1.807, 2.05) is 25.1 Å². The number of benzene rings is 2. The number of guanidine groups is 1. The molecular weight excluding hydrogens is 402 g/mol. The predicted octanol–water partition coefficient (Wildman–Crippen LogP) is 3.88. The molecule has 1 unspecified atom stereocenters. The predicted molar refractivity (Wildman–Crippen MR) is 119 cm³/mol. The summed E-state index contributed by atoms with van der Waals surface area (Å²) < 4.78 is 35.3. The van der Waals surface area contributed by atoms with Gasteiger partial charge in [-0.05, 0) is 37.5 Å². The first-order chi connectivity index (χ1) is 15.1. The summed E-state index contributed by atoms with van der Waals surface area (Å²) in [5.74, 6) is 2.16. The maximum Gasteiger partial charge on any atom is 0.387 e. The average molecular weight is 433 g/mol. The number of nitrogens with zero attached hydrogens (tertiary/aromatic N) is 2. The van der Waals surface area contributed by atoms with E-state index in [9.17, 15) is 8.78 Å². The molecule has 2 aromatic rings. The van der Waals surface area contributed by atoms with E-state index in [1.54, 1.807) is 25.3 Å². The Bertz CT molecular complexity index is 863. The van der Waals surface area contributed by atoms with Crippen molar-refractivity contribution in [3.05, 3.63) is 54.1 Å². The van der Waals surface area contributed by atoms with Crippen molar-refractivity contribution < 1.29 is 18.3 Å². The molecule has 168 valence electrons. The molecule has 8 heteroatoms. The van der Waals surface area contributed by atoms with Crippen LogP contribution in [0.25, 0.3) is 0 Å². The van der Waals surface area contributed by atoms with E-state index in [0.29, 0.717) is 24.0 Å². The summed E-state index contributed by atoms with van der Waals surface area (Å²) in [6.07, 6.45) is 1.06. The molecule has 1 atom stereocenters. The van der Waals surface area contributed by atoms with Gasteiger partial charge in [-0.3, -0.25) is 0 Å². The monoisotopic (exact) mass is 432 g/mol. The molecule has 2 aromatic carbocycles. The van der Waals surface area contributed by atoms with Crippen molar-refractivity contribution >= 4 is 11.6 Å². The summed E-state index contributed by atoms with van der Waals surface area (Å²) >= 11 is 0. The Labute approximate surface area is 182 Å². The van der Waals surface area contributed by atoms with Crippen molar-refractivity contribution in [3.8, 4) is 11.5 Å². The summed E-state index contributed by atoms with van der Waals surface area (Å²) in [6.45, 7) is 2.76. The summed E-state index contributed by atoms with van der Waals surface area (Å²) in [6, 6.07) is 14.8. The van der Waals surface area contributed by atoms with Crippen molar-refractivity contribution in [1.82, 2.24) is 10.6 Å². The zero-order valence-corrected chi connectivity index (χ0v) is 18.0. The summed E-state index contributed by atoms with van der Waals surface area (Å²) in [7, 11) is 1.69. The van der Waals surface area contributed by atoms with E-state index in [1.165, 1.54) is 6.07 Å². The van der Waals surface area contributed by atoms with Crippen LogP contribution in [0.3, 0.4) is 0 Å². The van der Waals surface area contributed by atoms with Crippen LogP contribution in [0, 0.1) is 5.92 Å². The molecule has 0 bridgehead atoms. The van der Waals surface area contributed by atoms with Crippen LogP contribution >= 0.6 is 0 Å². The zero-order valence-electron chi connectivity index (χ0n) is 18.0. The second-order valence-electron chi connectivity index (χ2n) is 7.33. The van der Waals surface area contributed by atoms with Crippen LogP contribution in [0.1, 0.15) is 18.9 Å². The van der Waals surface area contributed by atoms with E-state index >= 15 is 0 Å². The standard InChI is InChI=1S/C23H30F2N4O2/c1-3-26-23(28-15-18-8-4-6-10-20(18)31-22(24)25)27-14-17-12-13-29(16-17)19-9-5-7-11-21(19)30-2/h4-11,17,22H,3,12-16H2,1-2H3,(H2,26,27,28). The number of halogens is 2. The smallest absolute Gasteiger partial charge is 0.387 e. The quantitative estimate of drug-likeness (QED) is 0.465. The van der Waals surface area contributed by atoms with Gasteiger partial charge < -0.3 is 25.0 Å². The second-order valence-corrected chi connectivity index (χ2v) is 7.33. The number of ether oxygens (including phenoxy) is 2. The maximum atomic E-state index is 12.6. The molecule has 31 heavy (non-hydrogen) atoms. The highest BCUT2D eigenvalue weighted by Gasteiger charge is 2.24. The molecule has 6 nitrogen and oxygen atoms in total. The molecule has 0 spiro atoms. The van der Waals surface area contributed by atoms with Gasteiger partial charge in [0.25, 0.3) is 0 Å². The van der Waals surface area contributed by atoms with Crippen molar-refractivity contribution in [3.63, 3.8) is 0 Å². The first-order valence-corrected chi connectivity index (χ1v) is 10.5. The molecule has 1 saturated heterocycles. The van der Waals surface area contributed by atoms with Crippen LogP contribution in [0.5, 0.6) is 11.5 Å². The molecule has 1 aliphatic heterocycles. The number of hydrogen-bond donors (Lipinski definition) is 2. The Morgan fingerprint density at radius 2 is 1.87 bits per heavy atom. The lowest BCUT2D eigenvalue weighted by Gasteiger charge is -2.21. The van der Waals surface area contributed by atoms with Gasteiger partial charge >= 0.3 is 6.61 Å². The minimum absolute atomic E-state index is 0.153. The summed E-state index contributed by atoms with van der Waals surface area (Å²) in [4.78, 5) is 6.89. The third-order valence-corrected chi connectivity index (χ3v) is 5.21. The van der Waals surface area contributed by atoms with E-state index in [4.69, 9.17) is 4.74 Å². The first-order valence-electron chi connectivity index (χ1n) is 10.5. The molecule has 0 aromatic heterocycles. The number of nitrogens with one attached hydrogen (secondary N) is 2. The Kier molecular flexibility index (Phi) is 8.32. The van der Waals surface area contributed by atoms with E-state index in [0.717, 1.165) is 37.5 Å². The van der Waals surface area contributed by atoms with Crippen molar-refractivity contribution in [2.45, 2.75) is 26.5 Å². The second kappa shape index (κ2) is 11.4. The molecule has 1 fully saturated rings. The lowest BCUT2D eigenvalue weighted by atomic mass is 10.1. The number of aliphatic imine (C=N–C) groups is 1. The van der Waals surface area contributed by atoms with Crippen LogP contribution in [0.4, 0.5) is 14.5 Å². The maximum absolute atomic E-state index is 12.6. The lowest BCUT2D eigenvalue weighted by Crippen LogP contribution is -2.40. The largest absolute Gasteiger partial charge is 0.495 e. The highest BCUT2D eigenvalue weighted by molar-refractivity contribution is 5.79. The summed E-state index contributed by atoms with van der Waals surface area (Å²) in [5.41, 5.74) is 1.73. The SMILES string of the molecule is CCNC(=NCc1ccccc1OC(F)F)NCC1CCN(c2ccccc2OC)C1. The molecule has 2 N–H and O–H groups in total. The highest BCUT2D eigenvalue weighted by atomic mass is 19.3. The minimum Gasteiger partial charge on any atom is -0.495 e. The van der Waals surface area contributed by atoms with E-state index in [-0.39, 0.29) is 12.3 Å². The van der Waals surface area contributed by atoms with Gasteiger partial charge in [-0.1, -0.05) is 30.3 Å². The van der Waals surface area contributed by atoms with Crippen molar-refractivity contribution in [2.75, 3.05) is 38.2 Å². The zero-order chi connectivity index (χ0) is 22.1. The van der Waals surface area contributed by atoms with Gasteiger partial charge in [0.15, 0.2) is 5.96 Å². The van der Waals surface area contributed by atoms with Gasteiger partial charge in [0, 0.05) is 31.7 Å². The highest BCUT2D eigenvalue weighted by Crippen LogP contribution is 2.31. The lowest BCUT2D eigenvalue weighted by molar-refractivity contribution is -0.0504. The topological polar surface area (TPSA) is 58.1 Å². The Hall–Kier alpha value is -3.03. The molecular formula is C23H30F2N4O2. The Balaban J connectivity index is 1.58. The molecule has 0 radical (unpaired) electrons. The number of anilines is 1. The molecule has 0 amide bonds. The minimum atomic E-state index is -2.86. The van der Waals surface area contributed by atoms with E-state index < -0.39 is 6.61 Å². The van der Waals surface area contributed by atoms with Gasteiger partial charge in [0.2, 0.25) is 0 Å².